The van der Waals surface area contributed by atoms with E-state index in [-0.39, 0.29) is 11.9 Å². The number of benzene rings is 1. The number of carbonyl (C=O) groups is 1. The molecule has 1 aliphatic heterocycles. The van der Waals surface area contributed by atoms with Gasteiger partial charge in [-0.25, -0.2) is 0 Å². The molecule has 1 aromatic carbocycles. The maximum absolute atomic E-state index is 11.9. The minimum atomic E-state index is -0.0558. The second-order valence-electron chi connectivity index (χ2n) is 4.45. The largest absolute Gasteiger partial charge is 0.325 e. The third kappa shape index (κ3) is 3.93. The van der Waals surface area contributed by atoms with E-state index in [4.69, 9.17) is 0 Å². The van der Waals surface area contributed by atoms with E-state index in [0.29, 0.717) is 5.25 Å². The summed E-state index contributed by atoms with van der Waals surface area (Å²) < 4.78 is 0. The van der Waals surface area contributed by atoms with Gasteiger partial charge in [-0.2, -0.15) is 0 Å². The molecule has 1 amide bonds. The predicted molar refractivity (Wildman–Crippen MR) is 80.3 cm³/mol. The van der Waals surface area contributed by atoms with Gasteiger partial charge in [0.15, 0.2) is 0 Å². The molecular formula is C13H18N2OS2. The van der Waals surface area contributed by atoms with Crippen LogP contribution in [0.1, 0.15) is 13.8 Å². The summed E-state index contributed by atoms with van der Waals surface area (Å²) in [4.78, 5) is 13.1. The van der Waals surface area contributed by atoms with Gasteiger partial charge in [0.2, 0.25) is 5.91 Å². The summed E-state index contributed by atoms with van der Waals surface area (Å²) in [7, 11) is 0. The Balaban J connectivity index is 1.91. The van der Waals surface area contributed by atoms with E-state index < -0.39 is 0 Å². The third-order valence-electron chi connectivity index (χ3n) is 2.53. The lowest BCUT2D eigenvalue weighted by molar-refractivity contribution is -0.117. The molecule has 1 heterocycles. The van der Waals surface area contributed by atoms with Crippen molar-refractivity contribution in [1.82, 2.24) is 5.32 Å². The molecule has 1 aromatic rings. The van der Waals surface area contributed by atoms with E-state index >= 15 is 0 Å². The average molecular weight is 282 g/mol. The Morgan fingerprint density at radius 3 is 2.72 bits per heavy atom. The molecule has 1 atom stereocenters. The van der Waals surface area contributed by atoms with Gasteiger partial charge in [0.1, 0.15) is 0 Å². The molecule has 2 rings (SSSR count). The summed E-state index contributed by atoms with van der Waals surface area (Å²) in [5.41, 5.74) is 0.867. The van der Waals surface area contributed by atoms with Crippen molar-refractivity contribution in [3.63, 3.8) is 0 Å². The third-order valence-corrected chi connectivity index (χ3v) is 4.48. The van der Waals surface area contributed by atoms with Crippen molar-refractivity contribution >= 4 is 35.1 Å². The van der Waals surface area contributed by atoms with Crippen molar-refractivity contribution in [2.45, 2.75) is 30.0 Å². The number of hydrogen-bond acceptors (Lipinski definition) is 4. The van der Waals surface area contributed by atoms with Crippen LogP contribution in [0.25, 0.3) is 0 Å². The lowest BCUT2D eigenvalue weighted by Gasteiger charge is -2.11. The van der Waals surface area contributed by atoms with Crippen LogP contribution >= 0.6 is 23.5 Å². The molecule has 0 spiro atoms. The van der Waals surface area contributed by atoms with Gasteiger partial charge >= 0.3 is 0 Å². The van der Waals surface area contributed by atoms with Gasteiger partial charge in [-0.1, -0.05) is 13.8 Å². The summed E-state index contributed by atoms with van der Waals surface area (Å²) in [6, 6.07) is 7.98. The van der Waals surface area contributed by atoms with Crippen molar-refractivity contribution in [3.05, 3.63) is 24.3 Å². The van der Waals surface area contributed by atoms with Crippen molar-refractivity contribution in [2.24, 2.45) is 0 Å². The summed E-state index contributed by atoms with van der Waals surface area (Å²) in [6.45, 7) is 4.34. The lowest BCUT2D eigenvalue weighted by Crippen LogP contribution is -2.37. The first-order valence-electron chi connectivity index (χ1n) is 6.04. The van der Waals surface area contributed by atoms with Gasteiger partial charge in [-0.15, -0.1) is 23.5 Å². The molecule has 0 aromatic heterocycles. The summed E-state index contributed by atoms with van der Waals surface area (Å²) in [6.07, 6.45) is 0. The zero-order valence-electron chi connectivity index (χ0n) is 10.6. The van der Waals surface area contributed by atoms with E-state index in [1.807, 2.05) is 23.9 Å². The van der Waals surface area contributed by atoms with Gasteiger partial charge in [0.25, 0.3) is 0 Å². The van der Waals surface area contributed by atoms with Gasteiger partial charge in [-0.3, -0.25) is 10.1 Å². The minimum Gasteiger partial charge on any atom is -0.325 e. The first kappa shape index (κ1) is 13.8. The molecule has 0 aliphatic carbocycles. The maximum atomic E-state index is 11.9. The van der Waals surface area contributed by atoms with E-state index in [2.05, 4.69) is 36.6 Å². The highest BCUT2D eigenvalue weighted by atomic mass is 32.2. The number of rotatable bonds is 4. The Kier molecular flexibility index (Phi) is 4.97. The smallest absolute Gasteiger partial charge is 0.242 e. The fourth-order valence-electron chi connectivity index (χ4n) is 1.68. The van der Waals surface area contributed by atoms with Crippen LogP contribution in [0.3, 0.4) is 0 Å². The Bertz CT molecular complexity index is 400. The molecule has 3 nitrogen and oxygen atoms in total. The van der Waals surface area contributed by atoms with Crippen LogP contribution in [0.5, 0.6) is 0 Å². The second kappa shape index (κ2) is 6.50. The maximum Gasteiger partial charge on any atom is 0.242 e. The highest BCUT2D eigenvalue weighted by Crippen LogP contribution is 2.24. The summed E-state index contributed by atoms with van der Waals surface area (Å²) >= 11 is 3.58. The first-order chi connectivity index (χ1) is 8.65. The molecule has 2 N–H and O–H groups in total. The number of nitrogens with one attached hydrogen (secondary N) is 2. The van der Waals surface area contributed by atoms with E-state index in [1.165, 1.54) is 4.90 Å². The molecule has 18 heavy (non-hydrogen) atoms. The zero-order valence-corrected chi connectivity index (χ0v) is 12.2. The van der Waals surface area contributed by atoms with Gasteiger partial charge in [-0.05, 0) is 24.3 Å². The van der Waals surface area contributed by atoms with Crippen molar-refractivity contribution in [2.75, 3.05) is 16.9 Å². The second-order valence-corrected chi connectivity index (χ2v) is 7.13. The standard InChI is InChI=1S/C13H18N2OS2/c1-9(2)18-11-5-3-10(4-6-11)15-13(16)12-7-17-8-14-12/h3-6,9,12,14H,7-8H2,1-2H3,(H,15,16). The predicted octanol–water partition coefficient (Wildman–Crippen LogP) is 2.79. The first-order valence-corrected chi connectivity index (χ1v) is 8.07. The van der Waals surface area contributed by atoms with Crippen LogP contribution < -0.4 is 10.6 Å². The van der Waals surface area contributed by atoms with Crippen LogP contribution in [-0.2, 0) is 4.79 Å². The Morgan fingerprint density at radius 2 is 2.17 bits per heavy atom. The van der Waals surface area contributed by atoms with Crippen molar-refractivity contribution < 1.29 is 4.79 Å². The summed E-state index contributed by atoms with van der Waals surface area (Å²) in [5.74, 6) is 1.78. The Labute approximate surface area is 116 Å². The number of hydrogen-bond donors (Lipinski definition) is 2. The average Bonchev–Trinajstić information content (AvgIpc) is 2.84. The molecule has 1 fully saturated rings. The molecule has 5 heteroatoms. The molecule has 0 bridgehead atoms. The topological polar surface area (TPSA) is 41.1 Å². The fraction of sp³-hybridized carbons (Fsp3) is 0.462. The molecule has 0 saturated carbocycles. The van der Waals surface area contributed by atoms with Crippen LogP contribution in [0, 0.1) is 0 Å². The molecule has 98 valence electrons. The van der Waals surface area contributed by atoms with Gasteiger partial charge in [0, 0.05) is 27.5 Å². The Morgan fingerprint density at radius 1 is 1.44 bits per heavy atom. The minimum absolute atomic E-state index is 0.0558. The summed E-state index contributed by atoms with van der Waals surface area (Å²) in [5, 5.41) is 6.68. The highest BCUT2D eigenvalue weighted by molar-refractivity contribution is 8.00. The SMILES string of the molecule is CC(C)Sc1ccc(NC(=O)C2CSCN2)cc1. The monoisotopic (exact) mass is 282 g/mol. The molecule has 1 unspecified atom stereocenters. The molecule has 1 saturated heterocycles. The normalized spacial score (nSPS) is 19.2. The Hall–Kier alpha value is -0.650. The zero-order chi connectivity index (χ0) is 13.0. The fourth-order valence-corrected chi connectivity index (χ4v) is 3.46. The van der Waals surface area contributed by atoms with Gasteiger partial charge in [0.05, 0.1) is 6.04 Å². The van der Waals surface area contributed by atoms with Crippen molar-refractivity contribution in [1.29, 1.82) is 0 Å². The quantitative estimate of drug-likeness (QED) is 0.833. The highest BCUT2D eigenvalue weighted by Gasteiger charge is 2.22. The molecule has 0 radical (unpaired) electrons. The van der Waals surface area contributed by atoms with Crippen LogP contribution in [0.15, 0.2) is 29.2 Å². The molecule has 1 aliphatic rings. The van der Waals surface area contributed by atoms with E-state index in [0.717, 1.165) is 17.3 Å². The lowest BCUT2D eigenvalue weighted by atomic mass is 10.2. The number of thioether (sulfide) groups is 2. The number of anilines is 1. The van der Waals surface area contributed by atoms with E-state index in [1.54, 1.807) is 11.8 Å². The number of carbonyl (C=O) groups excluding carboxylic acids is 1. The van der Waals surface area contributed by atoms with Crippen LogP contribution in [-0.4, -0.2) is 28.8 Å². The van der Waals surface area contributed by atoms with Crippen LogP contribution in [0.2, 0.25) is 0 Å². The van der Waals surface area contributed by atoms with E-state index in [9.17, 15) is 4.79 Å². The van der Waals surface area contributed by atoms with Crippen molar-refractivity contribution in [3.8, 4) is 0 Å². The number of amides is 1. The van der Waals surface area contributed by atoms with Crippen LogP contribution in [0.4, 0.5) is 5.69 Å². The molecular weight excluding hydrogens is 264 g/mol. The van der Waals surface area contributed by atoms with Gasteiger partial charge < -0.3 is 5.32 Å².